The minimum atomic E-state index is 0. The Labute approximate surface area is 167 Å². The number of aryl methyl sites for hydroxylation is 1. The molecular formula is C21H29ClN4O. The fraction of sp³-hybridized carbons (Fsp3) is 0.524. The Morgan fingerprint density at radius 3 is 2.63 bits per heavy atom. The van der Waals surface area contributed by atoms with Gasteiger partial charge in [-0.2, -0.15) is 5.10 Å². The summed E-state index contributed by atoms with van der Waals surface area (Å²) in [4.78, 5) is 15.1. The fourth-order valence-electron chi connectivity index (χ4n) is 4.21. The van der Waals surface area contributed by atoms with Crippen LogP contribution in [0.1, 0.15) is 54.0 Å². The van der Waals surface area contributed by atoms with Crippen LogP contribution in [0.15, 0.2) is 24.3 Å². The number of rotatable bonds is 4. The van der Waals surface area contributed by atoms with E-state index in [1.165, 1.54) is 11.3 Å². The average molecular weight is 389 g/mol. The van der Waals surface area contributed by atoms with E-state index in [4.69, 9.17) is 10.8 Å². The number of hydrogen-bond donors (Lipinski definition) is 1. The Morgan fingerprint density at radius 2 is 2.00 bits per heavy atom. The van der Waals surface area contributed by atoms with Crippen LogP contribution in [0.3, 0.4) is 0 Å². The molecule has 2 aliphatic rings. The third kappa shape index (κ3) is 3.50. The highest BCUT2D eigenvalue weighted by molar-refractivity contribution is 5.94. The first-order chi connectivity index (χ1) is 12.5. The number of nitrogens with two attached hydrogens (primary N) is 1. The number of likely N-dealkylation sites (tertiary alicyclic amines) is 1. The van der Waals surface area contributed by atoms with Crippen LogP contribution in [0.4, 0.5) is 0 Å². The van der Waals surface area contributed by atoms with Crippen molar-refractivity contribution in [3.8, 4) is 5.69 Å². The molecule has 0 radical (unpaired) electrons. The Balaban J connectivity index is 0.00000210. The highest BCUT2D eigenvalue weighted by Gasteiger charge is 2.37. The van der Waals surface area contributed by atoms with Gasteiger partial charge < -0.3 is 10.6 Å². The van der Waals surface area contributed by atoms with Crippen LogP contribution in [0.2, 0.25) is 0 Å². The van der Waals surface area contributed by atoms with Crippen molar-refractivity contribution in [2.45, 2.75) is 46.0 Å². The van der Waals surface area contributed by atoms with Crippen LogP contribution in [0, 0.1) is 5.41 Å². The average Bonchev–Trinajstić information content (AvgIpc) is 3.37. The summed E-state index contributed by atoms with van der Waals surface area (Å²) in [6, 6.07) is 8.51. The van der Waals surface area contributed by atoms with Gasteiger partial charge in [0.15, 0.2) is 5.69 Å². The molecule has 146 valence electrons. The topological polar surface area (TPSA) is 64.2 Å². The lowest BCUT2D eigenvalue weighted by atomic mass is 9.90. The maximum Gasteiger partial charge on any atom is 0.274 e. The standard InChI is InChI=1S/C21H28N4O.ClH/c1-3-15-7-9-16(10-8-15)25-18-6-4-5-17(18)19(23-25)20(26)24-12-11-21(2,13-22)14-24;/h7-10H,3-6,11-14,22H2,1-2H3;1H. The first-order valence-electron chi connectivity index (χ1n) is 9.74. The number of nitrogens with zero attached hydrogens (tertiary/aromatic N) is 3. The van der Waals surface area contributed by atoms with Gasteiger partial charge in [0.05, 0.1) is 5.69 Å². The molecule has 27 heavy (non-hydrogen) atoms. The fourth-order valence-corrected chi connectivity index (χ4v) is 4.21. The number of carbonyl (C=O) groups excluding carboxylic acids is 1. The first-order valence-corrected chi connectivity index (χ1v) is 9.74. The quantitative estimate of drug-likeness (QED) is 0.874. The molecule has 1 atom stereocenters. The SMILES string of the molecule is CCc1ccc(-n2nc(C(=O)N3CCC(C)(CN)C3)c3c2CCC3)cc1.Cl. The molecule has 4 rings (SSSR count). The van der Waals surface area contributed by atoms with Gasteiger partial charge in [0.1, 0.15) is 0 Å². The minimum Gasteiger partial charge on any atom is -0.337 e. The second kappa shape index (κ2) is 7.64. The van der Waals surface area contributed by atoms with E-state index < -0.39 is 0 Å². The summed E-state index contributed by atoms with van der Waals surface area (Å²) in [5.74, 6) is 0.0734. The number of hydrogen-bond acceptors (Lipinski definition) is 3. The molecule has 2 heterocycles. The van der Waals surface area contributed by atoms with Gasteiger partial charge in [-0.05, 0) is 61.8 Å². The lowest BCUT2D eigenvalue weighted by molar-refractivity contribution is 0.0769. The summed E-state index contributed by atoms with van der Waals surface area (Å²) in [7, 11) is 0. The number of amides is 1. The number of fused-ring (bicyclic) bond motifs is 1. The van der Waals surface area contributed by atoms with Gasteiger partial charge in [0.2, 0.25) is 0 Å². The zero-order valence-corrected chi connectivity index (χ0v) is 17.0. The second-order valence-corrected chi connectivity index (χ2v) is 8.05. The smallest absolute Gasteiger partial charge is 0.274 e. The van der Waals surface area contributed by atoms with E-state index in [1.807, 2.05) is 9.58 Å². The molecule has 5 nitrogen and oxygen atoms in total. The van der Waals surface area contributed by atoms with Gasteiger partial charge in [-0.1, -0.05) is 26.0 Å². The molecule has 1 unspecified atom stereocenters. The predicted molar refractivity (Wildman–Crippen MR) is 110 cm³/mol. The largest absolute Gasteiger partial charge is 0.337 e. The van der Waals surface area contributed by atoms with Crippen LogP contribution in [0.5, 0.6) is 0 Å². The molecular weight excluding hydrogens is 360 g/mol. The molecule has 0 spiro atoms. The number of aromatic nitrogens is 2. The van der Waals surface area contributed by atoms with Gasteiger partial charge >= 0.3 is 0 Å². The lowest BCUT2D eigenvalue weighted by Gasteiger charge is -2.22. The molecule has 1 fully saturated rings. The van der Waals surface area contributed by atoms with Crippen LogP contribution in [-0.2, 0) is 19.3 Å². The Kier molecular flexibility index (Phi) is 5.63. The van der Waals surface area contributed by atoms with E-state index in [9.17, 15) is 4.79 Å². The molecule has 0 saturated carbocycles. The molecule has 2 aromatic rings. The summed E-state index contributed by atoms with van der Waals surface area (Å²) in [5, 5.41) is 4.77. The Hall–Kier alpha value is -1.85. The van der Waals surface area contributed by atoms with Crippen LogP contribution in [0.25, 0.3) is 5.69 Å². The van der Waals surface area contributed by atoms with E-state index >= 15 is 0 Å². The highest BCUT2D eigenvalue weighted by atomic mass is 35.5. The number of carbonyl (C=O) groups is 1. The van der Waals surface area contributed by atoms with Gasteiger partial charge in [0.25, 0.3) is 5.91 Å². The summed E-state index contributed by atoms with van der Waals surface area (Å²) >= 11 is 0. The maximum atomic E-state index is 13.2. The molecule has 6 heteroatoms. The molecule has 1 amide bonds. The van der Waals surface area contributed by atoms with Crippen molar-refractivity contribution < 1.29 is 4.79 Å². The third-order valence-corrected chi connectivity index (χ3v) is 6.06. The summed E-state index contributed by atoms with van der Waals surface area (Å²) in [5.41, 5.74) is 11.3. The molecule has 1 saturated heterocycles. The summed E-state index contributed by atoms with van der Waals surface area (Å²) in [6.07, 6.45) is 5.03. The summed E-state index contributed by atoms with van der Waals surface area (Å²) < 4.78 is 1.99. The van der Waals surface area contributed by atoms with E-state index in [0.717, 1.165) is 56.4 Å². The zero-order chi connectivity index (χ0) is 18.3. The molecule has 2 N–H and O–H groups in total. The van der Waals surface area contributed by atoms with Crippen LogP contribution in [-0.4, -0.2) is 40.2 Å². The molecule has 1 aliphatic heterocycles. The minimum absolute atomic E-state index is 0. The maximum absolute atomic E-state index is 13.2. The van der Waals surface area contributed by atoms with Crippen LogP contribution >= 0.6 is 12.4 Å². The van der Waals surface area contributed by atoms with Crippen molar-refractivity contribution in [1.29, 1.82) is 0 Å². The zero-order valence-electron chi connectivity index (χ0n) is 16.2. The second-order valence-electron chi connectivity index (χ2n) is 8.05. The number of halogens is 1. The van der Waals surface area contributed by atoms with E-state index in [2.05, 4.69) is 38.1 Å². The van der Waals surface area contributed by atoms with E-state index in [-0.39, 0.29) is 23.7 Å². The van der Waals surface area contributed by atoms with Gasteiger partial charge in [-0.25, -0.2) is 4.68 Å². The molecule has 1 aromatic heterocycles. The van der Waals surface area contributed by atoms with Crippen molar-refractivity contribution in [1.82, 2.24) is 14.7 Å². The van der Waals surface area contributed by atoms with Crippen molar-refractivity contribution >= 4 is 18.3 Å². The van der Waals surface area contributed by atoms with Crippen molar-refractivity contribution in [3.05, 3.63) is 46.8 Å². The normalized spacial score (nSPS) is 21.2. The van der Waals surface area contributed by atoms with Crippen molar-refractivity contribution in [2.24, 2.45) is 11.1 Å². The van der Waals surface area contributed by atoms with Gasteiger partial charge in [-0.3, -0.25) is 4.79 Å². The molecule has 1 aromatic carbocycles. The third-order valence-electron chi connectivity index (χ3n) is 6.06. The van der Waals surface area contributed by atoms with E-state index in [0.29, 0.717) is 12.2 Å². The molecule has 1 aliphatic carbocycles. The van der Waals surface area contributed by atoms with Crippen LogP contribution < -0.4 is 5.73 Å². The Morgan fingerprint density at radius 1 is 1.26 bits per heavy atom. The van der Waals surface area contributed by atoms with Gasteiger partial charge in [0, 0.05) is 24.3 Å². The lowest BCUT2D eigenvalue weighted by Crippen LogP contribution is -2.35. The monoisotopic (exact) mass is 388 g/mol. The van der Waals surface area contributed by atoms with Crippen molar-refractivity contribution in [2.75, 3.05) is 19.6 Å². The summed E-state index contributed by atoms with van der Waals surface area (Å²) in [6.45, 7) is 6.45. The number of benzene rings is 1. The van der Waals surface area contributed by atoms with E-state index in [1.54, 1.807) is 0 Å². The first kappa shape index (κ1) is 19.9. The highest BCUT2D eigenvalue weighted by Crippen LogP contribution is 2.32. The Bertz CT molecular complexity index is 829. The van der Waals surface area contributed by atoms with Crippen molar-refractivity contribution in [3.63, 3.8) is 0 Å². The van der Waals surface area contributed by atoms with Gasteiger partial charge in [-0.15, -0.1) is 12.4 Å². The molecule has 0 bridgehead atoms. The predicted octanol–water partition coefficient (Wildman–Crippen LogP) is 3.16.